The standard InChI is InChI=1S/C25H21N3O3/c1-18-6-12-22(13-7-18)28(25(30)20-4-2-14-26-16-20)17-19-8-10-21(11-9-19)27-24(29)23-5-3-15-31-23/h2-16H,17H2,1H3,(H,27,29). The first-order valence-corrected chi connectivity index (χ1v) is 9.82. The summed E-state index contributed by atoms with van der Waals surface area (Å²) in [5, 5.41) is 2.79. The Labute approximate surface area is 180 Å². The van der Waals surface area contributed by atoms with Crippen LogP contribution in [0.4, 0.5) is 11.4 Å². The van der Waals surface area contributed by atoms with Gasteiger partial charge in [-0.1, -0.05) is 29.8 Å². The first-order chi connectivity index (χ1) is 15.1. The molecule has 0 bridgehead atoms. The lowest BCUT2D eigenvalue weighted by Gasteiger charge is -2.23. The third-order valence-electron chi connectivity index (χ3n) is 4.80. The van der Waals surface area contributed by atoms with Crippen molar-refractivity contribution in [2.75, 3.05) is 10.2 Å². The van der Waals surface area contributed by atoms with E-state index in [1.54, 1.807) is 53.7 Å². The number of anilines is 2. The highest BCUT2D eigenvalue weighted by Crippen LogP contribution is 2.22. The number of nitrogens with one attached hydrogen (secondary N) is 1. The van der Waals surface area contributed by atoms with Crippen LogP contribution in [0.15, 0.2) is 95.9 Å². The number of hydrogen-bond donors (Lipinski definition) is 1. The third kappa shape index (κ3) is 4.87. The molecule has 0 aliphatic heterocycles. The number of pyridine rings is 1. The van der Waals surface area contributed by atoms with E-state index >= 15 is 0 Å². The number of furan rings is 1. The lowest BCUT2D eigenvalue weighted by Crippen LogP contribution is -2.30. The molecule has 0 aliphatic rings. The van der Waals surface area contributed by atoms with Crippen molar-refractivity contribution in [2.45, 2.75) is 13.5 Å². The lowest BCUT2D eigenvalue weighted by molar-refractivity contribution is 0.0981. The minimum absolute atomic E-state index is 0.132. The van der Waals surface area contributed by atoms with E-state index < -0.39 is 0 Å². The van der Waals surface area contributed by atoms with Crippen molar-refractivity contribution in [1.82, 2.24) is 4.98 Å². The minimum Gasteiger partial charge on any atom is -0.459 e. The fourth-order valence-corrected chi connectivity index (χ4v) is 3.13. The van der Waals surface area contributed by atoms with Gasteiger partial charge in [-0.05, 0) is 61.0 Å². The SMILES string of the molecule is Cc1ccc(N(Cc2ccc(NC(=O)c3ccco3)cc2)C(=O)c2cccnc2)cc1. The number of carbonyl (C=O) groups is 2. The molecule has 31 heavy (non-hydrogen) atoms. The zero-order valence-electron chi connectivity index (χ0n) is 17.0. The maximum atomic E-state index is 13.2. The van der Waals surface area contributed by atoms with Gasteiger partial charge in [-0.25, -0.2) is 0 Å². The lowest BCUT2D eigenvalue weighted by atomic mass is 10.1. The van der Waals surface area contributed by atoms with Gasteiger partial charge in [0.1, 0.15) is 0 Å². The second kappa shape index (κ2) is 9.09. The Kier molecular flexibility index (Phi) is 5.89. The molecule has 4 rings (SSSR count). The summed E-state index contributed by atoms with van der Waals surface area (Å²) in [7, 11) is 0. The molecule has 0 fully saturated rings. The van der Waals surface area contributed by atoms with Crippen molar-refractivity contribution >= 4 is 23.2 Å². The van der Waals surface area contributed by atoms with Crippen molar-refractivity contribution in [1.29, 1.82) is 0 Å². The summed E-state index contributed by atoms with van der Waals surface area (Å²) >= 11 is 0. The molecule has 0 aliphatic carbocycles. The average molecular weight is 411 g/mol. The zero-order chi connectivity index (χ0) is 21.6. The summed E-state index contributed by atoms with van der Waals surface area (Å²) in [6.07, 6.45) is 4.66. The molecule has 0 atom stereocenters. The summed E-state index contributed by atoms with van der Waals surface area (Å²) in [5.41, 5.74) is 4.01. The van der Waals surface area contributed by atoms with Crippen LogP contribution in [0.3, 0.4) is 0 Å². The van der Waals surface area contributed by atoms with Gasteiger partial charge < -0.3 is 14.6 Å². The third-order valence-corrected chi connectivity index (χ3v) is 4.80. The van der Waals surface area contributed by atoms with E-state index in [9.17, 15) is 9.59 Å². The molecular weight excluding hydrogens is 390 g/mol. The van der Waals surface area contributed by atoms with Gasteiger partial charge in [0.15, 0.2) is 5.76 Å². The van der Waals surface area contributed by atoms with E-state index in [4.69, 9.17) is 4.42 Å². The van der Waals surface area contributed by atoms with Gasteiger partial charge in [0.05, 0.1) is 18.4 Å². The molecule has 154 valence electrons. The van der Waals surface area contributed by atoms with E-state index in [1.165, 1.54) is 6.26 Å². The molecule has 2 aromatic heterocycles. The van der Waals surface area contributed by atoms with Gasteiger partial charge in [0.2, 0.25) is 0 Å². The van der Waals surface area contributed by atoms with Crippen LogP contribution < -0.4 is 10.2 Å². The molecule has 1 N–H and O–H groups in total. The quantitative estimate of drug-likeness (QED) is 0.480. The van der Waals surface area contributed by atoms with Gasteiger partial charge >= 0.3 is 0 Å². The average Bonchev–Trinajstić information content (AvgIpc) is 3.35. The molecule has 0 spiro atoms. The van der Waals surface area contributed by atoms with Gasteiger partial charge in [-0.15, -0.1) is 0 Å². The van der Waals surface area contributed by atoms with Crippen molar-refractivity contribution in [3.05, 3.63) is 114 Å². The van der Waals surface area contributed by atoms with Crippen molar-refractivity contribution < 1.29 is 14.0 Å². The van der Waals surface area contributed by atoms with Crippen LogP contribution >= 0.6 is 0 Å². The van der Waals surface area contributed by atoms with Crippen LogP contribution in [-0.2, 0) is 6.54 Å². The van der Waals surface area contributed by atoms with Crippen molar-refractivity contribution in [2.24, 2.45) is 0 Å². The Morgan fingerprint density at radius 2 is 1.74 bits per heavy atom. The minimum atomic E-state index is -0.314. The topological polar surface area (TPSA) is 75.4 Å². The number of hydrogen-bond acceptors (Lipinski definition) is 4. The van der Waals surface area contributed by atoms with E-state index in [0.717, 1.165) is 16.8 Å². The zero-order valence-corrected chi connectivity index (χ0v) is 17.0. The van der Waals surface area contributed by atoms with Crippen molar-refractivity contribution in [3.8, 4) is 0 Å². The molecule has 4 aromatic rings. The van der Waals surface area contributed by atoms with E-state index in [2.05, 4.69) is 10.3 Å². The molecule has 2 amide bonds. The predicted octanol–water partition coefficient (Wildman–Crippen LogP) is 5.08. The van der Waals surface area contributed by atoms with Crippen LogP contribution in [0.2, 0.25) is 0 Å². The number of nitrogens with zero attached hydrogens (tertiary/aromatic N) is 2. The maximum Gasteiger partial charge on any atom is 0.291 e. The molecular formula is C25H21N3O3. The van der Waals surface area contributed by atoms with Crippen LogP contribution in [0, 0.1) is 6.92 Å². The normalized spacial score (nSPS) is 10.5. The highest BCUT2D eigenvalue weighted by atomic mass is 16.3. The molecule has 0 saturated heterocycles. The maximum absolute atomic E-state index is 13.2. The van der Waals surface area contributed by atoms with Gasteiger partial charge in [-0.2, -0.15) is 0 Å². The van der Waals surface area contributed by atoms with Crippen LogP contribution in [0.25, 0.3) is 0 Å². The monoisotopic (exact) mass is 411 g/mol. The smallest absolute Gasteiger partial charge is 0.291 e. The van der Waals surface area contributed by atoms with Crippen molar-refractivity contribution in [3.63, 3.8) is 0 Å². The van der Waals surface area contributed by atoms with Gasteiger partial charge in [0.25, 0.3) is 11.8 Å². The first-order valence-electron chi connectivity index (χ1n) is 9.82. The van der Waals surface area contributed by atoms with E-state index in [0.29, 0.717) is 17.8 Å². The molecule has 2 heterocycles. The molecule has 0 unspecified atom stereocenters. The van der Waals surface area contributed by atoms with Gasteiger partial charge in [0, 0.05) is 23.8 Å². The summed E-state index contributed by atoms with van der Waals surface area (Å²) in [4.78, 5) is 31.1. The Hall–Kier alpha value is -4.19. The van der Waals surface area contributed by atoms with Crippen LogP contribution in [-0.4, -0.2) is 16.8 Å². The Morgan fingerprint density at radius 1 is 0.968 bits per heavy atom. The second-order valence-corrected chi connectivity index (χ2v) is 7.10. The largest absolute Gasteiger partial charge is 0.459 e. The molecule has 6 nitrogen and oxygen atoms in total. The fraction of sp³-hybridized carbons (Fsp3) is 0.0800. The second-order valence-electron chi connectivity index (χ2n) is 7.10. The Balaban J connectivity index is 1.54. The number of rotatable bonds is 6. The molecule has 2 aromatic carbocycles. The highest BCUT2D eigenvalue weighted by Gasteiger charge is 2.18. The number of aromatic nitrogens is 1. The van der Waals surface area contributed by atoms with Gasteiger partial charge in [-0.3, -0.25) is 14.6 Å². The fourth-order valence-electron chi connectivity index (χ4n) is 3.13. The number of aryl methyl sites for hydroxylation is 1. The highest BCUT2D eigenvalue weighted by molar-refractivity contribution is 6.06. The Bertz CT molecular complexity index is 1150. The Morgan fingerprint density at radius 3 is 2.39 bits per heavy atom. The first kappa shape index (κ1) is 20.1. The summed E-state index contributed by atoms with van der Waals surface area (Å²) in [6.45, 7) is 2.38. The van der Waals surface area contributed by atoms with Crippen LogP contribution in [0.1, 0.15) is 32.0 Å². The molecule has 0 saturated carbocycles. The summed E-state index contributed by atoms with van der Waals surface area (Å²) < 4.78 is 5.11. The molecule has 6 heteroatoms. The predicted molar refractivity (Wildman–Crippen MR) is 119 cm³/mol. The summed E-state index contributed by atoms with van der Waals surface area (Å²) in [5.74, 6) is -0.199. The van der Waals surface area contributed by atoms with E-state index in [-0.39, 0.29) is 17.6 Å². The number of amides is 2. The number of carbonyl (C=O) groups excluding carboxylic acids is 2. The molecule has 0 radical (unpaired) electrons. The summed E-state index contributed by atoms with van der Waals surface area (Å²) in [6, 6.07) is 22.0. The number of benzene rings is 2. The van der Waals surface area contributed by atoms with Crippen LogP contribution in [0.5, 0.6) is 0 Å². The van der Waals surface area contributed by atoms with E-state index in [1.807, 2.05) is 43.3 Å².